The summed E-state index contributed by atoms with van der Waals surface area (Å²) in [6, 6.07) is 5.10. The van der Waals surface area contributed by atoms with Crippen LogP contribution in [0.15, 0.2) is 27.1 Å². The Hall–Kier alpha value is -1.37. The van der Waals surface area contributed by atoms with Gasteiger partial charge in [-0.25, -0.2) is 9.78 Å². The lowest BCUT2D eigenvalue weighted by Gasteiger charge is -1.98. The highest BCUT2D eigenvalue weighted by Gasteiger charge is 2.20. The van der Waals surface area contributed by atoms with Crippen LogP contribution in [-0.4, -0.2) is 23.2 Å². The van der Waals surface area contributed by atoms with Crippen LogP contribution in [0, 0.1) is 0 Å². The number of ether oxygens (including phenoxy) is 1. The van der Waals surface area contributed by atoms with Gasteiger partial charge >= 0.3 is 5.97 Å². The lowest BCUT2D eigenvalue weighted by molar-refractivity contribution is 0.0656. The van der Waals surface area contributed by atoms with E-state index in [1.54, 1.807) is 18.2 Å². The molecule has 2 aromatic rings. The number of hydrogen-bond donors (Lipinski definition) is 1. The van der Waals surface area contributed by atoms with E-state index in [1.165, 1.54) is 7.11 Å². The minimum absolute atomic E-state index is 0.0649. The van der Waals surface area contributed by atoms with Crippen LogP contribution in [0.2, 0.25) is 5.02 Å². The van der Waals surface area contributed by atoms with E-state index in [0.29, 0.717) is 10.6 Å². The predicted octanol–water partition coefficient (Wildman–Crippen LogP) is 3.60. The minimum Gasteiger partial charge on any atom is -0.475 e. The number of halogens is 2. The van der Waals surface area contributed by atoms with Crippen LogP contribution in [0.25, 0.3) is 11.5 Å². The number of benzene rings is 1. The largest absolute Gasteiger partial charge is 0.475 e. The van der Waals surface area contributed by atoms with E-state index in [1.807, 2.05) is 0 Å². The summed E-state index contributed by atoms with van der Waals surface area (Å²) in [5.74, 6) is -1.22. The molecule has 19 heavy (non-hydrogen) atoms. The van der Waals surface area contributed by atoms with E-state index < -0.39 is 5.97 Å². The summed E-state index contributed by atoms with van der Waals surface area (Å²) >= 11 is 9.25. The number of aromatic carboxylic acids is 1. The molecule has 1 heterocycles. The fraction of sp³-hybridized carbons (Fsp3) is 0.167. The molecule has 0 fully saturated rings. The molecule has 0 aliphatic carbocycles. The summed E-state index contributed by atoms with van der Waals surface area (Å²) in [5, 5.41) is 9.52. The van der Waals surface area contributed by atoms with Gasteiger partial charge in [0.2, 0.25) is 11.7 Å². The SMILES string of the molecule is COCc1nc(-c2ccc(Br)c(Cl)c2)oc1C(=O)O. The van der Waals surface area contributed by atoms with Gasteiger partial charge in [-0.1, -0.05) is 11.6 Å². The molecule has 1 N–H and O–H groups in total. The van der Waals surface area contributed by atoms with Gasteiger partial charge in [0.25, 0.3) is 0 Å². The van der Waals surface area contributed by atoms with Crippen molar-refractivity contribution >= 4 is 33.5 Å². The number of rotatable bonds is 4. The Morgan fingerprint density at radius 2 is 2.32 bits per heavy atom. The predicted molar refractivity (Wildman–Crippen MR) is 72.3 cm³/mol. The fourth-order valence-corrected chi connectivity index (χ4v) is 1.93. The van der Waals surface area contributed by atoms with Crippen LogP contribution in [0.3, 0.4) is 0 Å². The number of hydrogen-bond acceptors (Lipinski definition) is 4. The number of carboxylic acid groups (broad SMARTS) is 1. The fourth-order valence-electron chi connectivity index (χ4n) is 1.51. The van der Waals surface area contributed by atoms with Crippen molar-refractivity contribution in [3.05, 3.63) is 39.1 Å². The molecule has 7 heteroatoms. The molecule has 100 valence electrons. The normalized spacial score (nSPS) is 10.7. The van der Waals surface area contributed by atoms with Gasteiger partial charge in [-0.3, -0.25) is 0 Å². The van der Waals surface area contributed by atoms with E-state index in [4.69, 9.17) is 25.9 Å². The summed E-state index contributed by atoms with van der Waals surface area (Å²) in [4.78, 5) is 15.2. The average molecular weight is 347 g/mol. The van der Waals surface area contributed by atoms with Crippen molar-refractivity contribution in [1.82, 2.24) is 4.98 Å². The molecule has 0 saturated carbocycles. The number of oxazole rings is 1. The van der Waals surface area contributed by atoms with Crippen molar-refractivity contribution in [3.8, 4) is 11.5 Å². The van der Waals surface area contributed by atoms with E-state index in [0.717, 1.165) is 4.47 Å². The molecular weight excluding hydrogens is 337 g/mol. The quantitative estimate of drug-likeness (QED) is 0.915. The zero-order valence-corrected chi connectivity index (χ0v) is 12.2. The molecule has 1 aromatic carbocycles. The molecule has 0 saturated heterocycles. The van der Waals surface area contributed by atoms with Crippen molar-refractivity contribution < 1.29 is 19.1 Å². The van der Waals surface area contributed by atoms with E-state index in [9.17, 15) is 4.79 Å². The molecular formula is C12H9BrClNO4. The lowest BCUT2D eigenvalue weighted by atomic mass is 10.2. The molecule has 5 nitrogen and oxygen atoms in total. The monoisotopic (exact) mass is 345 g/mol. The first-order valence-electron chi connectivity index (χ1n) is 5.20. The van der Waals surface area contributed by atoms with E-state index >= 15 is 0 Å². The Morgan fingerprint density at radius 1 is 1.58 bits per heavy atom. The van der Waals surface area contributed by atoms with Crippen molar-refractivity contribution in [2.75, 3.05) is 7.11 Å². The third kappa shape index (κ3) is 2.97. The number of aromatic nitrogens is 1. The van der Waals surface area contributed by atoms with Crippen LogP contribution in [0.4, 0.5) is 0 Å². The van der Waals surface area contributed by atoms with Gasteiger partial charge < -0.3 is 14.3 Å². The van der Waals surface area contributed by atoms with Gasteiger partial charge in [0.1, 0.15) is 5.69 Å². The Morgan fingerprint density at radius 3 is 2.89 bits per heavy atom. The van der Waals surface area contributed by atoms with Gasteiger partial charge in [-0.05, 0) is 34.1 Å². The number of methoxy groups -OCH3 is 1. The third-order valence-electron chi connectivity index (χ3n) is 2.34. The second-order valence-electron chi connectivity index (χ2n) is 3.66. The maximum Gasteiger partial charge on any atom is 0.373 e. The van der Waals surface area contributed by atoms with E-state index in [-0.39, 0.29) is 24.0 Å². The molecule has 2 rings (SSSR count). The maximum atomic E-state index is 11.0. The van der Waals surface area contributed by atoms with Gasteiger partial charge in [-0.15, -0.1) is 0 Å². The second-order valence-corrected chi connectivity index (χ2v) is 4.92. The molecule has 0 bridgehead atoms. The highest BCUT2D eigenvalue weighted by molar-refractivity contribution is 9.10. The summed E-state index contributed by atoms with van der Waals surface area (Å²) in [5.41, 5.74) is 0.835. The Bertz CT molecular complexity index is 626. The number of carboxylic acids is 1. The molecule has 0 radical (unpaired) electrons. The minimum atomic E-state index is -1.19. The first kappa shape index (κ1) is 14.0. The first-order valence-corrected chi connectivity index (χ1v) is 6.37. The highest BCUT2D eigenvalue weighted by Crippen LogP contribution is 2.29. The van der Waals surface area contributed by atoms with Gasteiger partial charge in [-0.2, -0.15) is 0 Å². The van der Waals surface area contributed by atoms with Gasteiger partial charge in [0, 0.05) is 17.1 Å². The molecule has 0 amide bonds. The highest BCUT2D eigenvalue weighted by atomic mass is 79.9. The molecule has 0 aliphatic rings. The van der Waals surface area contributed by atoms with Crippen molar-refractivity contribution in [1.29, 1.82) is 0 Å². The Kier molecular flexibility index (Phi) is 4.24. The zero-order chi connectivity index (χ0) is 14.0. The average Bonchev–Trinajstić information content (AvgIpc) is 2.77. The second kappa shape index (κ2) is 5.73. The number of carbonyl (C=O) groups is 1. The van der Waals surface area contributed by atoms with Crippen molar-refractivity contribution in [2.24, 2.45) is 0 Å². The van der Waals surface area contributed by atoms with Crippen LogP contribution >= 0.6 is 27.5 Å². The smallest absolute Gasteiger partial charge is 0.373 e. The molecule has 0 aliphatic heterocycles. The van der Waals surface area contributed by atoms with Crippen LogP contribution in [0.1, 0.15) is 16.2 Å². The topological polar surface area (TPSA) is 72.6 Å². The first-order chi connectivity index (χ1) is 9.02. The van der Waals surface area contributed by atoms with Crippen molar-refractivity contribution in [2.45, 2.75) is 6.61 Å². The Labute approximate surface area is 122 Å². The standard InChI is InChI=1S/C12H9BrClNO4/c1-18-5-9-10(12(16)17)19-11(15-9)6-2-3-7(13)8(14)4-6/h2-4H,5H2,1H3,(H,16,17). The lowest BCUT2D eigenvalue weighted by Crippen LogP contribution is -2.00. The van der Waals surface area contributed by atoms with E-state index in [2.05, 4.69) is 20.9 Å². The Balaban J connectivity index is 2.47. The third-order valence-corrected chi connectivity index (χ3v) is 3.57. The molecule has 0 atom stereocenters. The maximum absolute atomic E-state index is 11.0. The molecule has 1 aromatic heterocycles. The summed E-state index contributed by atoms with van der Waals surface area (Å²) in [6.45, 7) is 0.0649. The number of nitrogens with zero attached hydrogens (tertiary/aromatic N) is 1. The summed E-state index contributed by atoms with van der Waals surface area (Å²) < 4.78 is 10.9. The van der Waals surface area contributed by atoms with Crippen molar-refractivity contribution in [3.63, 3.8) is 0 Å². The summed E-state index contributed by atoms with van der Waals surface area (Å²) in [6.07, 6.45) is 0. The summed E-state index contributed by atoms with van der Waals surface area (Å²) in [7, 11) is 1.45. The van der Waals surface area contributed by atoms with Crippen LogP contribution in [-0.2, 0) is 11.3 Å². The molecule has 0 spiro atoms. The zero-order valence-electron chi connectivity index (χ0n) is 9.81. The van der Waals surface area contributed by atoms with Crippen LogP contribution < -0.4 is 0 Å². The van der Waals surface area contributed by atoms with Gasteiger partial charge in [0.15, 0.2) is 0 Å². The molecule has 0 unspecified atom stereocenters. The van der Waals surface area contributed by atoms with Gasteiger partial charge in [0.05, 0.1) is 11.6 Å². The van der Waals surface area contributed by atoms with Crippen LogP contribution in [0.5, 0.6) is 0 Å².